The second kappa shape index (κ2) is 6.01. The van der Waals surface area contributed by atoms with Gasteiger partial charge in [-0.15, -0.1) is 0 Å². The third kappa shape index (κ3) is 3.19. The van der Waals surface area contributed by atoms with Gasteiger partial charge >= 0.3 is 11.9 Å². The molecule has 1 atom stereocenters. The lowest BCUT2D eigenvalue weighted by Gasteiger charge is -2.30. The number of carboxylic acid groups (broad SMARTS) is 1. The molecule has 2 aromatic rings. The number of carbonyl (C=O) groups is 2. The van der Waals surface area contributed by atoms with E-state index in [-0.39, 0.29) is 6.54 Å². The number of esters is 1. The van der Waals surface area contributed by atoms with Gasteiger partial charge in [0, 0.05) is 6.54 Å². The van der Waals surface area contributed by atoms with Crippen molar-refractivity contribution in [1.82, 2.24) is 0 Å². The van der Waals surface area contributed by atoms with Crippen LogP contribution in [0.25, 0.3) is 10.8 Å². The molecule has 23 heavy (non-hydrogen) atoms. The molecule has 0 aliphatic carbocycles. The molecule has 0 aromatic heterocycles. The standard InChI is InChI=1S/C18H21NO4/c1-17(2,3)23-16(22)18(11-19,15(20)21)14-9-8-12-6-4-5-7-13(12)10-14/h4-10H,11,19H2,1-3H3,(H,20,21). The molecule has 0 saturated heterocycles. The fraction of sp³-hybridized carbons (Fsp3) is 0.333. The summed E-state index contributed by atoms with van der Waals surface area (Å²) in [6.07, 6.45) is 0. The highest BCUT2D eigenvalue weighted by atomic mass is 16.6. The largest absolute Gasteiger partial charge is 0.480 e. The average Bonchev–Trinajstić information content (AvgIpc) is 2.46. The van der Waals surface area contributed by atoms with Gasteiger partial charge in [-0.05, 0) is 43.2 Å². The molecular weight excluding hydrogens is 294 g/mol. The fourth-order valence-electron chi connectivity index (χ4n) is 2.44. The van der Waals surface area contributed by atoms with Gasteiger partial charge in [-0.3, -0.25) is 9.59 Å². The van der Waals surface area contributed by atoms with Crippen molar-refractivity contribution >= 4 is 22.7 Å². The number of nitrogens with two attached hydrogens (primary N) is 1. The summed E-state index contributed by atoms with van der Waals surface area (Å²) in [5, 5.41) is 11.5. The lowest BCUT2D eigenvalue weighted by molar-refractivity contribution is -0.169. The molecule has 2 aromatic carbocycles. The molecule has 5 nitrogen and oxygen atoms in total. The first-order valence-corrected chi connectivity index (χ1v) is 7.37. The third-order valence-electron chi connectivity index (χ3n) is 3.66. The van der Waals surface area contributed by atoms with Crippen LogP contribution in [0.4, 0.5) is 0 Å². The van der Waals surface area contributed by atoms with Gasteiger partial charge in [0.05, 0.1) is 0 Å². The minimum Gasteiger partial charge on any atom is -0.480 e. The number of benzene rings is 2. The summed E-state index contributed by atoms with van der Waals surface area (Å²) >= 11 is 0. The first-order chi connectivity index (χ1) is 10.7. The van der Waals surface area contributed by atoms with Crippen molar-refractivity contribution in [3.63, 3.8) is 0 Å². The van der Waals surface area contributed by atoms with Crippen LogP contribution >= 0.6 is 0 Å². The maximum atomic E-state index is 12.6. The first-order valence-electron chi connectivity index (χ1n) is 7.37. The van der Waals surface area contributed by atoms with E-state index in [1.807, 2.05) is 24.3 Å². The number of ether oxygens (including phenoxy) is 1. The second-order valence-electron chi connectivity index (χ2n) is 6.48. The third-order valence-corrected chi connectivity index (χ3v) is 3.66. The van der Waals surface area contributed by atoms with Crippen LogP contribution in [0.5, 0.6) is 0 Å². The monoisotopic (exact) mass is 315 g/mol. The van der Waals surface area contributed by atoms with E-state index in [0.717, 1.165) is 10.8 Å². The minimum absolute atomic E-state index is 0.320. The number of fused-ring (bicyclic) bond motifs is 1. The molecule has 0 spiro atoms. The van der Waals surface area contributed by atoms with E-state index in [2.05, 4.69) is 0 Å². The SMILES string of the molecule is CC(C)(C)OC(=O)C(CN)(C(=O)O)c1ccc2ccccc2c1. The van der Waals surface area contributed by atoms with Crippen molar-refractivity contribution in [3.8, 4) is 0 Å². The maximum absolute atomic E-state index is 12.6. The predicted molar refractivity (Wildman–Crippen MR) is 88.2 cm³/mol. The summed E-state index contributed by atoms with van der Waals surface area (Å²) < 4.78 is 5.32. The second-order valence-corrected chi connectivity index (χ2v) is 6.48. The highest BCUT2D eigenvalue weighted by molar-refractivity contribution is 6.06. The fourth-order valence-corrected chi connectivity index (χ4v) is 2.44. The molecule has 0 bridgehead atoms. The Morgan fingerprint density at radius 2 is 1.70 bits per heavy atom. The van der Waals surface area contributed by atoms with Crippen LogP contribution in [-0.2, 0) is 19.7 Å². The highest BCUT2D eigenvalue weighted by Crippen LogP contribution is 2.30. The summed E-state index contributed by atoms with van der Waals surface area (Å²) in [6, 6.07) is 12.6. The Morgan fingerprint density at radius 3 is 2.22 bits per heavy atom. The summed E-state index contributed by atoms with van der Waals surface area (Å²) in [5.41, 5.74) is 3.32. The lowest BCUT2D eigenvalue weighted by Crippen LogP contribution is -2.52. The molecule has 5 heteroatoms. The summed E-state index contributed by atoms with van der Waals surface area (Å²) in [7, 11) is 0. The smallest absolute Gasteiger partial charge is 0.329 e. The normalized spacial score (nSPS) is 14.3. The van der Waals surface area contributed by atoms with Gasteiger partial charge in [0.15, 0.2) is 0 Å². The Morgan fingerprint density at radius 1 is 1.09 bits per heavy atom. The molecule has 3 N–H and O–H groups in total. The van der Waals surface area contributed by atoms with Crippen molar-refractivity contribution in [2.45, 2.75) is 31.8 Å². The Balaban J connectivity index is 2.60. The lowest BCUT2D eigenvalue weighted by atomic mass is 9.79. The van der Waals surface area contributed by atoms with E-state index >= 15 is 0 Å². The van der Waals surface area contributed by atoms with Crippen LogP contribution < -0.4 is 5.73 Å². The van der Waals surface area contributed by atoms with Crippen molar-refractivity contribution < 1.29 is 19.4 Å². The van der Waals surface area contributed by atoms with Gasteiger partial charge < -0.3 is 15.6 Å². The molecule has 0 fully saturated rings. The molecule has 0 saturated carbocycles. The average molecular weight is 315 g/mol. The van der Waals surface area contributed by atoms with Crippen LogP contribution in [0.15, 0.2) is 42.5 Å². The predicted octanol–water partition coefficient (Wildman–Crippen LogP) is 2.46. The van der Waals surface area contributed by atoms with Crippen LogP contribution in [0.3, 0.4) is 0 Å². The Labute approximate surface area is 135 Å². The van der Waals surface area contributed by atoms with Crippen molar-refractivity contribution in [2.24, 2.45) is 5.73 Å². The van der Waals surface area contributed by atoms with Gasteiger partial charge in [0.1, 0.15) is 5.60 Å². The number of carbonyl (C=O) groups excluding carboxylic acids is 1. The Hall–Kier alpha value is -2.40. The number of rotatable bonds is 4. The molecule has 0 heterocycles. The van der Waals surface area contributed by atoms with Gasteiger partial charge in [-0.1, -0.05) is 36.4 Å². The van der Waals surface area contributed by atoms with E-state index < -0.39 is 23.0 Å². The van der Waals surface area contributed by atoms with Crippen molar-refractivity contribution in [3.05, 3.63) is 48.0 Å². The van der Waals surface area contributed by atoms with E-state index in [9.17, 15) is 14.7 Å². The van der Waals surface area contributed by atoms with Gasteiger partial charge in [0.25, 0.3) is 0 Å². The Bertz CT molecular complexity index is 748. The van der Waals surface area contributed by atoms with Crippen LogP contribution in [0.2, 0.25) is 0 Å². The minimum atomic E-state index is -1.92. The number of hydrogen-bond acceptors (Lipinski definition) is 4. The van der Waals surface area contributed by atoms with Crippen molar-refractivity contribution in [2.75, 3.05) is 6.54 Å². The quantitative estimate of drug-likeness (QED) is 0.668. The molecule has 0 aliphatic heterocycles. The van der Waals surface area contributed by atoms with Crippen molar-refractivity contribution in [1.29, 1.82) is 0 Å². The molecule has 0 radical (unpaired) electrons. The zero-order valence-corrected chi connectivity index (χ0v) is 13.5. The molecule has 1 unspecified atom stereocenters. The summed E-state index contributed by atoms with van der Waals surface area (Å²) in [5.74, 6) is -2.17. The first kappa shape index (κ1) is 17.0. The van der Waals surface area contributed by atoms with Gasteiger partial charge in [-0.25, -0.2) is 0 Å². The highest BCUT2D eigenvalue weighted by Gasteiger charge is 2.49. The van der Waals surface area contributed by atoms with Crippen LogP contribution in [-0.4, -0.2) is 29.2 Å². The van der Waals surface area contributed by atoms with E-state index in [1.54, 1.807) is 39.0 Å². The summed E-state index contributed by atoms with van der Waals surface area (Å²) in [4.78, 5) is 24.5. The zero-order chi connectivity index (χ0) is 17.3. The van der Waals surface area contributed by atoms with Gasteiger partial charge in [0.2, 0.25) is 5.41 Å². The molecule has 122 valence electrons. The molecule has 0 aliphatic rings. The zero-order valence-electron chi connectivity index (χ0n) is 13.5. The van der Waals surface area contributed by atoms with Gasteiger partial charge in [-0.2, -0.15) is 0 Å². The molecule has 0 amide bonds. The van der Waals surface area contributed by atoms with Crippen LogP contribution in [0.1, 0.15) is 26.3 Å². The van der Waals surface area contributed by atoms with E-state index in [0.29, 0.717) is 5.56 Å². The number of carboxylic acids is 1. The summed E-state index contributed by atoms with van der Waals surface area (Å²) in [6.45, 7) is 4.69. The number of aliphatic carboxylic acids is 1. The Kier molecular flexibility index (Phi) is 4.43. The van der Waals surface area contributed by atoms with E-state index in [4.69, 9.17) is 10.5 Å². The van der Waals surface area contributed by atoms with Crippen LogP contribution in [0, 0.1) is 0 Å². The maximum Gasteiger partial charge on any atom is 0.329 e. The topological polar surface area (TPSA) is 89.6 Å². The molecular formula is C18H21NO4. The molecule has 2 rings (SSSR count). The number of hydrogen-bond donors (Lipinski definition) is 2. The van der Waals surface area contributed by atoms with E-state index in [1.165, 1.54) is 0 Å².